The highest BCUT2D eigenvalue weighted by Gasteiger charge is 2.31. The Hall–Kier alpha value is -3.06. The molecule has 136 valence electrons. The first kappa shape index (κ1) is 17.8. The first-order valence-corrected chi connectivity index (χ1v) is 8.25. The van der Waals surface area contributed by atoms with Gasteiger partial charge in [0.15, 0.2) is 5.76 Å². The molecule has 2 aromatic rings. The Bertz CT molecular complexity index is 850. The van der Waals surface area contributed by atoms with Crippen molar-refractivity contribution in [2.24, 2.45) is 5.41 Å². The number of allylic oxidation sites excluding steroid dienone is 2. The molecule has 1 unspecified atom stereocenters. The van der Waals surface area contributed by atoms with E-state index >= 15 is 0 Å². The lowest BCUT2D eigenvalue weighted by Gasteiger charge is -2.25. The normalized spacial score (nSPS) is 19.1. The summed E-state index contributed by atoms with van der Waals surface area (Å²) >= 11 is 0. The lowest BCUT2D eigenvalue weighted by molar-refractivity contribution is -0.136. The van der Waals surface area contributed by atoms with Gasteiger partial charge in [0.2, 0.25) is 0 Å². The van der Waals surface area contributed by atoms with Crippen LogP contribution in [-0.4, -0.2) is 30.2 Å². The molecule has 1 aromatic heterocycles. The summed E-state index contributed by atoms with van der Waals surface area (Å²) in [7, 11) is 0. The van der Waals surface area contributed by atoms with E-state index in [9.17, 15) is 9.59 Å². The Labute approximate surface area is 150 Å². The van der Waals surface area contributed by atoms with E-state index in [4.69, 9.17) is 14.4 Å². The van der Waals surface area contributed by atoms with Crippen LogP contribution in [0, 0.1) is 5.41 Å². The number of hydroxylamine groups is 1. The minimum Gasteiger partial charge on any atom is -0.492 e. The van der Waals surface area contributed by atoms with Crippen LogP contribution in [0.25, 0.3) is 11.0 Å². The van der Waals surface area contributed by atoms with Gasteiger partial charge in [0.1, 0.15) is 17.9 Å². The van der Waals surface area contributed by atoms with Crippen molar-refractivity contribution >= 4 is 22.8 Å². The number of nitrogens with one attached hydrogen (secondary N) is 2. The lowest BCUT2D eigenvalue weighted by atomic mass is 9.83. The maximum absolute atomic E-state index is 12.1. The highest BCUT2D eigenvalue weighted by atomic mass is 16.5. The first-order chi connectivity index (χ1) is 12.5. The van der Waals surface area contributed by atoms with Crippen molar-refractivity contribution in [3.8, 4) is 0 Å². The van der Waals surface area contributed by atoms with Crippen molar-refractivity contribution < 1.29 is 24.0 Å². The van der Waals surface area contributed by atoms with Crippen LogP contribution in [0.1, 0.15) is 23.9 Å². The van der Waals surface area contributed by atoms with Gasteiger partial charge in [0.25, 0.3) is 11.8 Å². The number of hydrogen-bond acceptors (Lipinski definition) is 5. The standard InChI is InChI=1S/C19H20N2O5/c1-19(18(23)21-24)8-6-14(7-9-19)25-11-10-20-17(22)16-12-13-4-2-3-5-15(13)26-16/h2-8,12,24H,9-11H2,1H3,(H,20,22)(H,21,23). The number of carbonyl (C=O) groups excluding carboxylic acids is 2. The summed E-state index contributed by atoms with van der Waals surface area (Å²) in [6, 6.07) is 9.12. The maximum atomic E-state index is 12.1. The van der Waals surface area contributed by atoms with Crippen molar-refractivity contribution in [1.29, 1.82) is 0 Å². The Morgan fingerprint density at radius 3 is 2.85 bits per heavy atom. The van der Waals surface area contributed by atoms with Crippen LogP contribution in [0.3, 0.4) is 0 Å². The number of carbonyl (C=O) groups is 2. The SMILES string of the molecule is CC1(C(=O)NO)C=CC(OCCNC(=O)c2cc3ccccc3o2)=CC1. The number of furan rings is 1. The second-order valence-corrected chi connectivity index (χ2v) is 6.26. The van der Waals surface area contributed by atoms with Gasteiger partial charge in [-0.2, -0.15) is 0 Å². The molecule has 3 rings (SSSR count). The minimum atomic E-state index is -0.795. The van der Waals surface area contributed by atoms with Crippen LogP contribution in [-0.2, 0) is 9.53 Å². The van der Waals surface area contributed by atoms with E-state index < -0.39 is 11.3 Å². The highest BCUT2D eigenvalue weighted by Crippen LogP contribution is 2.29. The van der Waals surface area contributed by atoms with E-state index in [1.807, 2.05) is 24.3 Å². The summed E-state index contributed by atoms with van der Waals surface area (Å²) in [5.41, 5.74) is 1.54. The van der Waals surface area contributed by atoms with Gasteiger partial charge in [0.05, 0.1) is 12.0 Å². The molecule has 0 fully saturated rings. The number of benzene rings is 1. The third-order valence-corrected chi connectivity index (χ3v) is 4.27. The van der Waals surface area contributed by atoms with Crippen LogP contribution in [0.15, 0.2) is 58.7 Å². The van der Waals surface area contributed by atoms with Crippen LogP contribution in [0.4, 0.5) is 0 Å². The number of ether oxygens (including phenoxy) is 1. The smallest absolute Gasteiger partial charge is 0.287 e. The molecule has 1 aliphatic rings. The van der Waals surface area contributed by atoms with Gasteiger partial charge < -0.3 is 14.5 Å². The first-order valence-electron chi connectivity index (χ1n) is 8.25. The summed E-state index contributed by atoms with van der Waals surface area (Å²) in [5.74, 6) is 0.104. The van der Waals surface area contributed by atoms with E-state index in [0.29, 0.717) is 24.3 Å². The third kappa shape index (κ3) is 3.78. The quantitative estimate of drug-likeness (QED) is 0.419. The van der Waals surface area contributed by atoms with Gasteiger partial charge in [0, 0.05) is 5.39 Å². The van der Waals surface area contributed by atoms with Crippen LogP contribution in [0.2, 0.25) is 0 Å². The fourth-order valence-corrected chi connectivity index (χ4v) is 2.63. The van der Waals surface area contributed by atoms with E-state index in [1.165, 1.54) is 0 Å². The molecule has 7 heteroatoms. The molecule has 0 radical (unpaired) electrons. The Morgan fingerprint density at radius 1 is 1.35 bits per heavy atom. The zero-order valence-electron chi connectivity index (χ0n) is 14.3. The number of fused-ring (bicyclic) bond motifs is 1. The van der Waals surface area contributed by atoms with Crippen LogP contribution in [0.5, 0.6) is 0 Å². The van der Waals surface area contributed by atoms with Crippen molar-refractivity contribution in [3.05, 3.63) is 60.1 Å². The van der Waals surface area contributed by atoms with E-state index in [1.54, 1.807) is 36.7 Å². The van der Waals surface area contributed by atoms with Crippen LogP contribution >= 0.6 is 0 Å². The molecule has 0 saturated heterocycles. The fraction of sp³-hybridized carbons (Fsp3) is 0.263. The molecule has 7 nitrogen and oxygen atoms in total. The molecule has 1 aliphatic carbocycles. The predicted molar refractivity (Wildman–Crippen MR) is 94.4 cm³/mol. The number of hydrogen-bond donors (Lipinski definition) is 3. The summed E-state index contributed by atoms with van der Waals surface area (Å²) in [4.78, 5) is 23.7. The zero-order chi connectivity index (χ0) is 18.6. The largest absolute Gasteiger partial charge is 0.492 e. The number of amides is 2. The van der Waals surface area contributed by atoms with Crippen molar-refractivity contribution in [1.82, 2.24) is 10.8 Å². The molecule has 3 N–H and O–H groups in total. The van der Waals surface area contributed by atoms with Gasteiger partial charge in [-0.05, 0) is 37.6 Å². The number of rotatable bonds is 6. The van der Waals surface area contributed by atoms with Crippen molar-refractivity contribution in [2.45, 2.75) is 13.3 Å². The molecule has 26 heavy (non-hydrogen) atoms. The molecule has 0 spiro atoms. The van der Waals surface area contributed by atoms with Crippen LogP contribution < -0.4 is 10.8 Å². The fourth-order valence-electron chi connectivity index (χ4n) is 2.63. The molecule has 1 heterocycles. The van der Waals surface area contributed by atoms with E-state index in [2.05, 4.69) is 5.32 Å². The van der Waals surface area contributed by atoms with E-state index in [-0.39, 0.29) is 18.3 Å². The molecule has 0 saturated carbocycles. The van der Waals surface area contributed by atoms with Gasteiger partial charge >= 0.3 is 0 Å². The van der Waals surface area contributed by atoms with Gasteiger partial charge in [-0.1, -0.05) is 24.3 Å². The Kier molecular flexibility index (Phi) is 5.09. The van der Waals surface area contributed by atoms with Crippen molar-refractivity contribution in [2.75, 3.05) is 13.2 Å². The molecular weight excluding hydrogens is 336 g/mol. The summed E-state index contributed by atoms with van der Waals surface area (Å²) < 4.78 is 11.1. The topological polar surface area (TPSA) is 101 Å². The Morgan fingerprint density at radius 2 is 2.15 bits per heavy atom. The average molecular weight is 356 g/mol. The molecule has 0 aliphatic heterocycles. The van der Waals surface area contributed by atoms with Gasteiger partial charge in [-0.3, -0.25) is 14.8 Å². The summed E-state index contributed by atoms with van der Waals surface area (Å²) in [6.07, 6.45) is 5.55. The molecular formula is C19H20N2O5. The summed E-state index contributed by atoms with van der Waals surface area (Å²) in [5, 5.41) is 12.4. The van der Waals surface area contributed by atoms with E-state index in [0.717, 1.165) is 5.39 Å². The highest BCUT2D eigenvalue weighted by molar-refractivity contribution is 5.96. The molecule has 1 atom stereocenters. The average Bonchev–Trinajstić information content (AvgIpc) is 3.10. The van der Waals surface area contributed by atoms with Crippen molar-refractivity contribution in [3.63, 3.8) is 0 Å². The molecule has 1 aromatic carbocycles. The predicted octanol–water partition coefficient (Wildman–Crippen LogP) is 2.53. The Balaban J connectivity index is 1.45. The zero-order valence-corrected chi connectivity index (χ0v) is 14.3. The van der Waals surface area contributed by atoms with Gasteiger partial charge in [-0.25, -0.2) is 5.48 Å². The number of para-hydroxylation sites is 1. The monoisotopic (exact) mass is 356 g/mol. The maximum Gasteiger partial charge on any atom is 0.287 e. The summed E-state index contributed by atoms with van der Waals surface area (Å²) in [6.45, 7) is 2.32. The third-order valence-electron chi connectivity index (χ3n) is 4.27. The minimum absolute atomic E-state index is 0.258. The molecule has 0 bridgehead atoms. The lowest BCUT2D eigenvalue weighted by Crippen LogP contribution is -2.36. The van der Waals surface area contributed by atoms with Gasteiger partial charge in [-0.15, -0.1) is 0 Å². The molecule has 2 amide bonds. The second kappa shape index (κ2) is 7.45. The second-order valence-electron chi connectivity index (χ2n) is 6.26.